The first-order valence-corrected chi connectivity index (χ1v) is 8.03. The normalized spacial score (nSPS) is 18.8. The first-order valence-electron chi connectivity index (χ1n) is 8.03. The van der Waals surface area contributed by atoms with Gasteiger partial charge >= 0.3 is 0 Å². The molecule has 1 aliphatic rings. The van der Waals surface area contributed by atoms with Gasteiger partial charge in [0.05, 0.1) is 0 Å². The molecule has 0 radical (unpaired) electrons. The third-order valence-corrected chi connectivity index (χ3v) is 4.35. The average molecular weight is 326 g/mol. The Morgan fingerprint density at radius 3 is 2.33 bits per heavy atom. The summed E-state index contributed by atoms with van der Waals surface area (Å²) < 4.78 is 12.9. The second-order valence-electron chi connectivity index (χ2n) is 5.99. The Morgan fingerprint density at radius 2 is 1.71 bits per heavy atom. The van der Waals surface area contributed by atoms with E-state index in [2.05, 4.69) is 10.9 Å². The summed E-state index contributed by atoms with van der Waals surface area (Å²) in [5.74, 6) is -0.945. The number of halogens is 1. The molecule has 2 N–H and O–H groups in total. The standard InChI is InChI=1S/C19H19FN2O2/c1-2-12-3-5-14(6-4-12)18(23)21-22-19(24)17-11-16(17)13-7-9-15(20)10-8-13/h3-10,16-17H,2,11H2,1H3,(H,21,23)(H,22,24). The SMILES string of the molecule is CCc1ccc(C(=O)NNC(=O)C2CC2c2ccc(F)cc2)cc1. The Kier molecular flexibility index (Phi) is 4.60. The fourth-order valence-corrected chi connectivity index (χ4v) is 2.74. The molecule has 0 spiro atoms. The summed E-state index contributed by atoms with van der Waals surface area (Å²) >= 11 is 0. The zero-order valence-electron chi connectivity index (χ0n) is 13.4. The van der Waals surface area contributed by atoms with Crippen LogP contribution in [0.1, 0.15) is 40.7 Å². The van der Waals surface area contributed by atoms with E-state index in [4.69, 9.17) is 0 Å². The molecule has 124 valence electrons. The van der Waals surface area contributed by atoms with Crippen LogP contribution < -0.4 is 10.9 Å². The minimum Gasteiger partial charge on any atom is -0.273 e. The van der Waals surface area contributed by atoms with Gasteiger partial charge in [0, 0.05) is 11.5 Å². The lowest BCUT2D eigenvalue weighted by atomic mass is 10.1. The third-order valence-electron chi connectivity index (χ3n) is 4.35. The number of hydrogen-bond acceptors (Lipinski definition) is 2. The summed E-state index contributed by atoms with van der Waals surface area (Å²) in [5.41, 5.74) is 7.50. The molecule has 0 saturated heterocycles. The predicted molar refractivity (Wildman–Crippen MR) is 88.7 cm³/mol. The molecular weight excluding hydrogens is 307 g/mol. The molecule has 5 heteroatoms. The van der Waals surface area contributed by atoms with Crippen molar-refractivity contribution in [3.8, 4) is 0 Å². The molecule has 0 bridgehead atoms. The highest BCUT2D eigenvalue weighted by molar-refractivity contribution is 5.96. The molecule has 4 nitrogen and oxygen atoms in total. The van der Waals surface area contributed by atoms with Crippen molar-refractivity contribution >= 4 is 11.8 Å². The van der Waals surface area contributed by atoms with Gasteiger partial charge in [0.2, 0.25) is 5.91 Å². The molecular formula is C19H19FN2O2. The third kappa shape index (κ3) is 3.62. The van der Waals surface area contributed by atoms with Crippen molar-refractivity contribution < 1.29 is 14.0 Å². The summed E-state index contributed by atoms with van der Waals surface area (Å²) in [4.78, 5) is 24.1. The molecule has 0 heterocycles. The number of aryl methyl sites for hydroxylation is 1. The van der Waals surface area contributed by atoms with Crippen LogP contribution in [-0.2, 0) is 11.2 Å². The Hall–Kier alpha value is -2.69. The van der Waals surface area contributed by atoms with Gasteiger partial charge in [-0.15, -0.1) is 0 Å². The van der Waals surface area contributed by atoms with Gasteiger partial charge in [0.15, 0.2) is 0 Å². The number of carbonyl (C=O) groups is 2. The van der Waals surface area contributed by atoms with Crippen LogP contribution in [0.2, 0.25) is 0 Å². The van der Waals surface area contributed by atoms with Gasteiger partial charge in [-0.05, 0) is 54.2 Å². The molecule has 1 aliphatic carbocycles. The molecule has 2 unspecified atom stereocenters. The summed E-state index contributed by atoms with van der Waals surface area (Å²) in [6.07, 6.45) is 1.61. The van der Waals surface area contributed by atoms with Crippen LogP contribution in [0, 0.1) is 11.7 Å². The van der Waals surface area contributed by atoms with Crippen molar-refractivity contribution in [3.63, 3.8) is 0 Å². The van der Waals surface area contributed by atoms with Crippen molar-refractivity contribution in [1.29, 1.82) is 0 Å². The number of carbonyl (C=O) groups excluding carboxylic acids is 2. The van der Waals surface area contributed by atoms with Crippen molar-refractivity contribution in [1.82, 2.24) is 10.9 Å². The molecule has 2 atom stereocenters. The molecule has 2 aromatic carbocycles. The first kappa shape index (κ1) is 16.2. The lowest BCUT2D eigenvalue weighted by molar-refractivity contribution is -0.123. The maximum Gasteiger partial charge on any atom is 0.269 e. The number of benzene rings is 2. The van der Waals surface area contributed by atoms with Gasteiger partial charge in [0.1, 0.15) is 5.82 Å². The minimum absolute atomic E-state index is 0.0892. The van der Waals surface area contributed by atoms with E-state index < -0.39 is 0 Å². The molecule has 1 saturated carbocycles. The van der Waals surface area contributed by atoms with Crippen LogP contribution >= 0.6 is 0 Å². The topological polar surface area (TPSA) is 58.2 Å². The molecule has 1 fully saturated rings. The predicted octanol–water partition coefficient (Wildman–Crippen LogP) is 2.95. The van der Waals surface area contributed by atoms with Gasteiger partial charge in [-0.1, -0.05) is 31.2 Å². The van der Waals surface area contributed by atoms with Crippen LogP contribution in [0.3, 0.4) is 0 Å². The monoisotopic (exact) mass is 326 g/mol. The highest BCUT2D eigenvalue weighted by atomic mass is 19.1. The number of nitrogens with one attached hydrogen (secondary N) is 2. The Morgan fingerprint density at radius 1 is 1.04 bits per heavy atom. The first-order chi connectivity index (χ1) is 11.6. The molecule has 0 aromatic heterocycles. The molecule has 0 aliphatic heterocycles. The number of hydrogen-bond donors (Lipinski definition) is 2. The van der Waals surface area contributed by atoms with Crippen molar-refractivity contribution in [3.05, 3.63) is 71.0 Å². The van der Waals surface area contributed by atoms with Crippen LogP contribution in [-0.4, -0.2) is 11.8 Å². The molecule has 24 heavy (non-hydrogen) atoms. The van der Waals surface area contributed by atoms with Crippen molar-refractivity contribution in [2.45, 2.75) is 25.7 Å². The lowest BCUT2D eigenvalue weighted by Crippen LogP contribution is -2.42. The minimum atomic E-state index is -0.343. The Balaban J connectivity index is 1.50. The summed E-state index contributed by atoms with van der Waals surface area (Å²) in [6, 6.07) is 13.4. The molecule has 2 aromatic rings. The zero-order chi connectivity index (χ0) is 17.1. The Labute approximate surface area is 140 Å². The zero-order valence-corrected chi connectivity index (χ0v) is 13.4. The summed E-state index contributed by atoms with van der Waals surface area (Å²) in [5, 5.41) is 0. The van der Waals surface area contributed by atoms with Crippen LogP contribution in [0.15, 0.2) is 48.5 Å². The summed E-state index contributed by atoms with van der Waals surface area (Å²) in [7, 11) is 0. The second kappa shape index (κ2) is 6.83. The number of hydrazine groups is 1. The fraction of sp³-hybridized carbons (Fsp3) is 0.263. The van der Waals surface area contributed by atoms with E-state index in [0.29, 0.717) is 12.0 Å². The Bertz CT molecular complexity index is 741. The van der Waals surface area contributed by atoms with E-state index in [1.165, 1.54) is 12.1 Å². The molecule has 3 rings (SSSR count). The quantitative estimate of drug-likeness (QED) is 0.849. The largest absolute Gasteiger partial charge is 0.273 e. The van der Waals surface area contributed by atoms with E-state index in [0.717, 1.165) is 17.5 Å². The van der Waals surface area contributed by atoms with Crippen molar-refractivity contribution in [2.75, 3.05) is 0 Å². The van der Waals surface area contributed by atoms with Crippen LogP contribution in [0.5, 0.6) is 0 Å². The van der Waals surface area contributed by atoms with Gasteiger partial charge < -0.3 is 0 Å². The van der Waals surface area contributed by atoms with E-state index in [-0.39, 0.29) is 29.5 Å². The summed E-state index contributed by atoms with van der Waals surface area (Å²) in [6.45, 7) is 2.04. The lowest BCUT2D eigenvalue weighted by Gasteiger charge is -2.08. The van der Waals surface area contributed by atoms with Gasteiger partial charge in [0.25, 0.3) is 5.91 Å². The maximum atomic E-state index is 12.9. The van der Waals surface area contributed by atoms with E-state index in [1.54, 1.807) is 24.3 Å². The van der Waals surface area contributed by atoms with Gasteiger partial charge in [-0.25, -0.2) is 4.39 Å². The average Bonchev–Trinajstić information content (AvgIpc) is 3.41. The molecule has 2 amide bonds. The van der Waals surface area contributed by atoms with Crippen LogP contribution in [0.25, 0.3) is 0 Å². The number of amides is 2. The van der Waals surface area contributed by atoms with Crippen LogP contribution in [0.4, 0.5) is 4.39 Å². The van der Waals surface area contributed by atoms with E-state index >= 15 is 0 Å². The maximum absolute atomic E-state index is 12.9. The second-order valence-corrected chi connectivity index (χ2v) is 5.99. The smallest absolute Gasteiger partial charge is 0.269 e. The van der Waals surface area contributed by atoms with E-state index in [9.17, 15) is 14.0 Å². The number of rotatable bonds is 4. The highest BCUT2D eigenvalue weighted by Crippen LogP contribution is 2.47. The fourth-order valence-electron chi connectivity index (χ4n) is 2.74. The van der Waals surface area contributed by atoms with Crippen molar-refractivity contribution in [2.24, 2.45) is 5.92 Å². The van der Waals surface area contributed by atoms with Gasteiger partial charge in [-0.3, -0.25) is 20.4 Å². The highest BCUT2D eigenvalue weighted by Gasteiger charge is 2.44. The van der Waals surface area contributed by atoms with E-state index in [1.807, 2.05) is 19.1 Å². The van der Waals surface area contributed by atoms with Gasteiger partial charge in [-0.2, -0.15) is 0 Å².